The summed E-state index contributed by atoms with van der Waals surface area (Å²) in [6.45, 7) is 8.46. The third-order valence-electron chi connectivity index (χ3n) is 5.71. The summed E-state index contributed by atoms with van der Waals surface area (Å²) in [4.78, 5) is 14.2. The summed E-state index contributed by atoms with van der Waals surface area (Å²) in [6.07, 6.45) is 2.25. The standard InChI is InChI=1S/C16H23N5O6S/c1-9(2)17-7-10(3)13-18-19-14(26-13)11-6-16(4-5-16)12-8-20(11)15(22)21(12)27-28(23,24)25/h10-12,17H,1,4-8H2,2-3H3,(H,23,24,25)/t10-,11-,12-/m0/s1. The lowest BCUT2D eigenvalue weighted by atomic mass is 9.85. The molecule has 1 aromatic heterocycles. The number of nitrogens with zero attached hydrogens (tertiary/aromatic N) is 4. The van der Waals surface area contributed by atoms with Gasteiger partial charge in [0.05, 0.1) is 12.0 Å². The van der Waals surface area contributed by atoms with Crippen molar-refractivity contribution in [2.45, 2.75) is 51.1 Å². The third kappa shape index (κ3) is 3.35. The van der Waals surface area contributed by atoms with Crippen LogP contribution in [-0.2, 0) is 14.7 Å². The fraction of sp³-hybridized carbons (Fsp3) is 0.688. The molecule has 12 heteroatoms. The molecule has 0 aromatic carbocycles. The van der Waals surface area contributed by atoms with E-state index >= 15 is 0 Å². The molecule has 2 amide bonds. The van der Waals surface area contributed by atoms with Crippen molar-refractivity contribution in [2.75, 3.05) is 13.1 Å². The van der Waals surface area contributed by atoms with Crippen LogP contribution in [-0.4, -0.2) is 58.3 Å². The molecule has 11 nitrogen and oxygen atoms in total. The van der Waals surface area contributed by atoms with Gasteiger partial charge in [0.2, 0.25) is 11.8 Å². The Balaban J connectivity index is 1.56. The third-order valence-corrected chi connectivity index (χ3v) is 6.06. The van der Waals surface area contributed by atoms with E-state index in [4.69, 9.17) is 8.97 Å². The molecule has 28 heavy (non-hydrogen) atoms. The Labute approximate surface area is 162 Å². The van der Waals surface area contributed by atoms with Crippen molar-refractivity contribution in [3.8, 4) is 0 Å². The molecule has 4 rings (SSSR count). The van der Waals surface area contributed by atoms with Crippen LogP contribution < -0.4 is 5.32 Å². The number of carbonyl (C=O) groups excluding carboxylic acids is 1. The van der Waals surface area contributed by atoms with Gasteiger partial charge in [0.25, 0.3) is 0 Å². The first kappa shape index (κ1) is 19.2. The van der Waals surface area contributed by atoms with Crippen LogP contribution in [0.15, 0.2) is 16.7 Å². The van der Waals surface area contributed by atoms with Gasteiger partial charge in [-0.25, -0.2) is 4.79 Å². The van der Waals surface area contributed by atoms with E-state index in [1.807, 2.05) is 13.8 Å². The quantitative estimate of drug-likeness (QED) is 0.634. The topological polar surface area (TPSA) is 138 Å². The zero-order valence-electron chi connectivity index (χ0n) is 15.7. The minimum atomic E-state index is -4.79. The normalized spacial score (nSPS) is 26.6. The van der Waals surface area contributed by atoms with Crippen LogP contribution in [0.2, 0.25) is 0 Å². The molecule has 3 aliphatic rings. The maximum Gasteiger partial charge on any atom is 0.418 e. The number of carbonyl (C=O) groups is 1. The van der Waals surface area contributed by atoms with Crippen molar-refractivity contribution < 1.29 is 26.5 Å². The molecule has 1 saturated carbocycles. The monoisotopic (exact) mass is 413 g/mol. The van der Waals surface area contributed by atoms with Crippen molar-refractivity contribution in [1.29, 1.82) is 0 Å². The Kier molecular flexibility index (Phi) is 4.39. The second-order valence-corrected chi connectivity index (χ2v) is 8.91. The van der Waals surface area contributed by atoms with Crippen LogP contribution in [0.25, 0.3) is 0 Å². The van der Waals surface area contributed by atoms with Crippen molar-refractivity contribution in [1.82, 2.24) is 25.5 Å². The maximum absolute atomic E-state index is 12.7. The van der Waals surface area contributed by atoms with Crippen LogP contribution in [0.3, 0.4) is 0 Å². The Morgan fingerprint density at radius 3 is 2.82 bits per heavy atom. The smallest absolute Gasteiger partial charge is 0.418 e. The molecular formula is C16H23N5O6S. The Hall–Kier alpha value is -2.18. The molecule has 1 spiro atoms. The summed E-state index contributed by atoms with van der Waals surface area (Å²) in [5.74, 6) is 0.732. The van der Waals surface area contributed by atoms with Gasteiger partial charge in [0, 0.05) is 18.8 Å². The summed E-state index contributed by atoms with van der Waals surface area (Å²) in [5, 5.41) is 12.2. The number of hydrogen-bond acceptors (Lipinski definition) is 8. The molecule has 0 radical (unpaired) electrons. The predicted molar refractivity (Wildman–Crippen MR) is 94.9 cm³/mol. The van der Waals surface area contributed by atoms with Crippen LogP contribution >= 0.6 is 0 Å². The number of piperidine rings is 1. The SMILES string of the molecule is C=C(C)NC[C@H](C)c1nnc([C@@H]2CC3(CC3)[C@@H]3CN2C(=O)N3OS(=O)(=O)O)o1. The Bertz CT molecular complexity index is 910. The van der Waals surface area contributed by atoms with Crippen LogP contribution in [0, 0.1) is 5.41 Å². The molecule has 2 saturated heterocycles. The number of hydrogen-bond donors (Lipinski definition) is 2. The van der Waals surface area contributed by atoms with E-state index < -0.39 is 28.5 Å². The number of fused-ring (bicyclic) bond motifs is 3. The van der Waals surface area contributed by atoms with E-state index in [-0.39, 0.29) is 17.9 Å². The molecule has 0 unspecified atom stereocenters. The molecule has 2 bridgehead atoms. The van der Waals surface area contributed by atoms with Crippen molar-refractivity contribution in [2.24, 2.45) is 5.41 Å². The van der Waals surface area contributed by atoms with Gasteiger partial charge in [-0.05, 0) is 31.6 Å². The number of aromatic nitrogens is 2. The van der Waals surface area contributed by atoms with Gasteiger partial charge in [0.1, 0.15) is 6.04 Å². The van der Waals surface area contributed by atoms with Crippen LogP contribution in [0.4, 0.5) is 4.79 Å². The first-order valence-corrected chi connectivity index (χ1v) is 10.5. The van der Waals surface area contributed by atoms with Gasteiger partial charge in [-0.2, -0.15) is 13.5 Å². The lowest BCUT2D eigenvalue weighted by Crippen LogP contribution is -2.43. The molecule has 2 N–H and O–H groups in total. The summed E-state index contributed by atoms with van der Waals surface area (Å²) in [5.41, 5.74) is 0.571. The second kappa shape index (κ2) is 6.42. The van der Waals surface area contributed by atoms with Crippen molar-refractivity contribution >= 4 is 16.4 Å². The lowest BCUT2D eigenvalue weighted by molar-refractivity contribution is -0.0530. The largest absolute Gasteiger partial charge is 0.423 e. The number of rotatable bonds is 7. The van der Waals surface area contributed by atoms with Gasteiger partial charge in [-0.15, -0.1) is 14.5 Å². The molecule has 1 aliphatic carbocycles. The molecule has 154 valence electrons. The molecule has 2 aliphatic heterocycles. The van der Waals surface area contributed by atoms with Gasteiger partial charge in [-0.3, -0.25) is 4.55 Å². The fourth-order valence-corrected chi connectivity index (χ4v) is 4.40. The zero-order valence-corrected chi connectivity index (χ0v) is 16.5. The zero-order chi connectivity index (χ0) is 20.3. The van der Waals surface area contributed by atoms with Crippen molar-refractivity contribution in [3.05, 3.63) is 24.1 Å². The predicted octanol–water partition coefficient (Wildman–Crippen LogP) is 1.36. The summed E-state index contributed by atoms with van der Waals surface area (Å²) in [6, 6.07) is -1.52. The van der Waals surface area contributed by atoms with Gasteiger partial charge in [0.15, 0.2) is 0 Å². The molecule has 3 fully saturated rings. The number of nitrogens with one attached hydrogen (secondary N) is 1. The minimum Gasteiger partial charge on any atom is -0.423 e. The minimum absolute atomic E-state index is 0.0437. The van der Waals surface area contributed by atoms with Crippen molar-refractivity contribution in [3.63, 3.8) is 0 Å². The number of urea groups is 1. The highest BCUT2D eigenvalue weighted by Crippen LogP contribution is 2.61. The van der Waals surface area contributed by atoms with Crippen LogP contribution in [0.5, 0.6) is 0 Å². The molecule has 1 aromatic rings. The Morgan fingerprint density at radius 1 is 1.50 bits per heavy atom. The lowest BCUT2D eigenvalue weighted by Gasteiger charge is -2.34. The fourth-order valence-electron chi connectivity index (χ4n) is 4.03. The number of amides is 2. The summed E-state index contributed by atoms with van der Waals surface area (Å²) >= 11 is 0. The highest BCUT2D eigenvalue weighted by atomic mass is 32.3. The van der Waals surface area contributed by atoms with Gasteiger partial charge in [-0.1, -0.05) is 13.5 Å². The average molecular weight is 413 g/mol. The summed E-state index contributed by atoms with van der Waals surface area (Å²) in [7, 11) is -4.79. The molecule has 3 heterocycles. The first-order chi connectivity index (χ1) is 13.1. The Morgan fingerprint density at radius 2 is 2.21 bits per heavy atom. The van der Waals surface area contributed by atoms with E-state index in [0.717, 1.165) is 23.6 Å². The highest BCUT2D eigenvalue weighted by molar-refractivity contribution is 7.80. The van der Waals surface area contributed by atoms with E-state index in [1.54, 1.807) is 0 Å². The van der Waals surface area contributed by atoms with Crippen LogP contribution in [0.1, 0.15) is 56.9 Å². The second-order valence-electron chi connectivity index (χ2n) is 7.90. The molecular weight excluding hydrogens is 390 g/mol. The first-order valence-electron chi connectivity index (χ1n) is 9.09. The van der Waals surface area contributed by atoms with Gasteiger partial charge >= 0.3 is 16.4 Å². The number of allylic oxidation sites excluding steroid dienone is 1. The maximum atomic E-state index is 12.7. The van der Waals surface area contributed by atoms with E-state index in [2.05, 4.69) is 26.4 Å². The van der Waals surface area contributed by atoms with E-state index in [1.165, 1.54) is 4.90 Å². The van der Waals surface area contributed by atoms with E-state index in [0.29, 0.717) is 24.7 Å². The number of hydroxylamine groups is 2. The molecule has 3 atom stereocenters. The van der Waals surface area contributed by atoms with Gasteiger partial charge < -0.3 is 14.6 Å². The highest BCUT2D eigenvalue weighted by Gasteiger charge is 2.64. The van der Waals surface area contributed by atoms with E-state index in [9.17, 15) is 13.2 Å². The summed E-state index contributed by atoms with van der Waals surface area (Å²) < 4.78 is 41.8. The average Bonchev–Trinajstić information content (AvgIpc) is 3.09.